The van der Waals surface area contributed by atoms with Crippen LogP contribution in [0.4, 0.5) is 0 Å². The standard InChI is InChI=1S/C25H33ClO5/c1-15-9-7-10-16(2)30-24(27)22-17(23(26)21(29-6)13-20(22)28-5)11-8-12-19-18(15)14-25(3,4)31-19/h7-9,11,13,15-16,18-19H,10,12,14H2,1-6H3/b9-7-,11-8+/t15?,16-,18+,19+/m0/s1. The van der Waals surface area contributed by atoms with Gasteiger partial charge in [-0.1, -0.05) is 42.8 Å². The van der Waals surface area contributed by atoms with Crippen molar-refractivity contribution < 1.29 is 23.7 Å². The fourth-order valence-corrected chi connectivity index (χ4v) is 4.82. The first-order chi connectivity index (χ1) is 14.7. The Morgan fingerprint density at radius 1 is 1.10 bits per heavy atom. The molecular weight excluding hydrogens is 416 g/mol. The van der Waals surface area contributed by atoms with Gasteiger partial charge in [0.15, 0.2) is 0 Å². The Kier molecular flexibility index (Phi) is 7.38. The summed E-state index contributed by atoms with van der Waals surface area (Å²) in [6, 6.07) is 1.62. The number of ether oxygens (including phenoxy) is 4. The van der Waals surface area contributed by atoms with Crippen LogP contribution in [0.2, 0.25) is 5.02 Å². The minimum absolute atomic E-state index is 0.0907. The molecule has 0 bridgehead atoms. The largest absolute Gasteiger partial charge is 0.496 e. The lowest BCUT2D eigenvalue weighted by molar-refractivity contribution is -0.0208. The van der Waals surface area contributed by atoms with Gasteiger partial charge >= 0.3 is 5.97 Å². The predicted octanol–water partition coefficient (Wildman–Crippen LogP) is 6.09. The zero-order chi connectivity index (χ0) is 22.8. The zero-order valence-corrected chi connectivity index (χ0v) is 20.0. The van der Waals surface area contributed by atoms with Crippen molar-refractivity contribution in [1.29, 1.82) is 0 Å². The highest BCUT2D eigenvalue weighted by Crippen LogP contribution is 2.42. The molecule has 2 aliphatic rings. The number of hydrogen-bond acceptors (Lipinski definition) is 5. The summed E-state index contributed by atoms with van der Waals surface area (Å²) in [5.41, 5.74) is 0.674. The van der Waals surface area contributed by atoms with E-state index in [1.165, 1.54) is 14.2 Å². The Hall–Kier alpha value is -1.98. The summed E-state index contributed by atoms with van der Waals surface area (Å²) in [6.45, 7) is 8.40. The van der Waals surface area contributed by atoms with Crippen molar-refractivity contribution in [3.05, 3.63) is 40.4 Å². The first kappa shape index (κ1) is 23.7. The molecule has 0 amide bonds. The topological polar surface area (TPSA) is 54.0 Å². The van der Waals surface area contributed by atoms with E-state index < -0.39 is 5.97 Å². The van der Waals surface area contributed by atoms with Crippen LogP contribution >= 0.6 is 11.6 Å². The number of allylic oxidation sites excluding steroid dienone is 1. The molecule has 0 aliphatic carbocycles. The van der Waals surface area contributed by atoms with Gasteiger partial charge in [-0.15, -0.1) is 0 Å². The lowest BCUT2D eigenvalue weighted by Crippen LogP contribution is -2.22. The number of cyclic esters (lactones) is 1. The molecule has 31 heavy (non-hydrogen) atoms. The molecule has 1 unspecified atom stereocenters. The first-order valence-corrected chi connectivity index (χ1v) is 11.2. The van der Waals surface area contributed by atoms with E-state index >= 15 is 0 Å². The van der Waals surface area contributed by atoms with Crippen molar-refractivity contribution in [2.24, 2.45) is 11.8 Å². The number of fused-ring (bicyclic) bond motifs is 2. The quantitative estimate of drug-likeness (QED) is 0.405. The van der Waals surface area contributed by atoms with E-state index in [1.807, 2.05) is 19.1 Å². The SMILES string of the molecule is COc1cc(OC)c2c(c1Cl)/C=C/C[C@H]1OC(C)(C)C[C@@H]1C(C)/C=C\C[C@H](C)OC2=O. The third-order valence-electron chi connectivity index (χ3n) is 6.09. The highest BCUT2D eigenvalue weighted by molar-refractivity contribution is 6.34. The van der Waals surface area contributed by atoms with Gasteiger partial charge in [0.25, 0.3) is 0 Å². The Morgan fingerprint density at radius 3 is 2.48 bits per heavy atom. The molecule has 1 saturated heterocycles. The van der Waals surface area contributed by atoms with Gasteiger partial charge in [-0.05, 0) is 45.4 Å². The number of rotatable bonds is 2. The molecular formula is C25H33ClO5. The van der Waals surface area contributed by atoms with Gasteiger partial charge in [0.1, 0.15) is 23.2 Å². The lowest BCUT2D eigenvalue weighted by Gasteiger charge is -2.22. The van der Waals surface area contributed by atoms with Gasteiger partial charge in [0, 0.05) is 18.1 Å². The van der Waals surface area contributed by atoms with Crippen LogP contribution in [-0.4, -0.2) is 38.0 Å². The Balaban J connectivity index is 2.08. The first-order valence-electron chi connectivity index (χ1n) is 10.8. The number of methoxy groups -OCH3 is 2. The van der Waals surface area contributed by atoms with Gasteiger partial charge < -0.3 is 18.9 Å². The van der Waals surface area contributed by atoms with Gasteiger partial charge in [0.05, 0.1) is 30.9 Å². The lowest BCUT2D eigenvalue weighted by atomic mass is 9.82. The monoisotopic (exact) mass is 448 g/mol. The molecule has 0 aromatic heterocycles. The minimum atomic E-state index is -0.469. The third-order valence-corrected chi connectivity index (χ3v) is 6.48. The number of esters is 1. The summed E-state index contributed by atoms with van der Waals surface area (Å²) in [4.78, 5) is 13.1. The second-order valence-electron chi connectivity index (χ2n) is 9.04. The van der Waals surface area contributed by atoms with Crippen LogP contribution in [0.3, 0.4) is 0 Å². The van der Waals surface area contributed by atoms with Crippen molar-refractivity contribution in [2.75, 3.05) is 14.2 Å². The second kappa shape index (κ2) is 9.66. The summed E-state index contributed by atoms with van der Waals surface area (Å²) in [5, 5.41) is 0.351. The molecule has 5 nitrogen and oxygen atoms in total. The van der Waals surface area contributed by atoms with Crippen LogP contribution in [0, 0.1) is 11.8 Å². The van der Waals surface area contributed by atoms with E-state index in [-0.39, 0.29) is 17.8 Å². The van der Waals surface area contributed by atoms with Crippen molar-refractivity contribution in [3.63, 3.8) is 0 Å². The molecule has 0 radical (unpaired) electrons. The molecule has 2 heterocycles. The summed E-state index contributed by atoms with van der Waals surface area (Å²) in [6.07, 6.45) is 10.3. The summed E-state index contributed by atoms with van der Waals surface area (Å²) in [5.74, 6) is 1.11. The van der Waals surface area contributed by atoms with Gasteiger partial charge in [-0.25, -0.2) is 4.79 Å². The van der Waals surface area contributed by atoms with Crippen LogP contribution in [0.1, 0.15) is 62.9 Å². The third kappa shape index (κ3) is 5.27. The maximum atomic E-state index is 13.1. The van der Waals surface area contributed by atoms with E-state index in [9.17, 15) is 4.79 Å². The number of hydrogen-bond donors (Lipinski definition) is 0. The molecule has 6 heteroatoms. The Labute approximate surface area is 190 Å². The normalized spacial score (nSPS) is 30.4. The molecule has 1 fully saturated rings. The van der Waals surface area contributed by atoms with Crippen molar-refractivity contribution in [1.82, 2.24) is 0 Å². The summed E-state index contributed by atoms with van der Waals surface area (Å²) >= 11 is 6.61. The number of carbonyl (C=O) groups is 1. The van der Waals surface area contributed by atoms with E-state index in [0.717, 1.165) is 6.42 Å². The van der Waals surface area contributed by atoms with Gasteiger partial charge in [-0.2, -0.15) is 0 Å². The van der Waals surface area contributed by atoms with E-state index in [4.69, 9.17) is 30.5 Å². The average Bonchev–Trinajstić information content (AvgIpc) is 3.02. The molecule has 170 valence electrons. The highest BCUT2D eigenvalue weighted by Gasteiger charge is 2.41. The summed E-state index contributed by atoms with van der Waals surface area (Å²) < 4.78 is 23.0. The molecule has 0 N–H and O–H groups in total. The highest BCUT2D eigenvalue weighted by atomic mass is 35.5. The summed E-state index contributed by atoms with van der Waals surface area (Å²) in [7, 11) is 3.05. The van der Waals surface area contributed by atoms with E-state index in [1.54, 1.807) is 6.07 Å². The molecule has 1 aromatic carbocycles. The molecule has 0 spiro atoms. The fraction of sp³-hybridized carbons (Fsp3) is 0.560. The Bertz CT molecular complexity index is 873. The molecule has 0 saturated carbocycles. The minimum Gasteiger partial charge on any atom is -0.496 e. The molecule has 1 aromatic rings. The van der Waals surface area contributed by atoms with E-state index in [0.29, 0.717) is 52.3 Å². The van der Waals surface area contributed by atoms with Crippen LogP contribution < -0.4 is 9.47 Å². The maximum absolute atomic E-state index is 13.1. The predicted molar refractivity (Wildman–Crippen MR) is 123 cm³/mol. The smallest absolute Gasteiger partial charge is 0.342 e. The zero-order valence-electron chi connectivity index (χ0n) is 19.2. The maximum Gasteiger partial charge on any atom is 0.342 e. The molecule has 2 aliphatic heterocycles. The fourth-order valence-electron chi connectivity index (χ4n) is 4.54. The molecule has 4 atom stereocenters. The van der Waals surface area contributed by atoms with Crippen LogP contribution in [0.5, 0.6) is 11.5 Å². The van der Waals surface area contributed by atoms with E-state index in [2.05, 4.69) is 32.9 Å². The Morgan fingerprint density at radius 2 is 1.81 bits per heavy atom. The number of carbonyl (C=O) groups excluding carboxylic acids is 1. The molecule has 3 rings (SSSR count). The van der Waals surface area contributed by atoms with Crippen LogP contribution in [0.25, 0.3) is 6.08 Å². The van der Waals surface area contributed by atoms with Crippen molar-refractivity contribution in [2.45, 2.75) is 64.8 Å². The van der Waals surface area contributed by atoms with Crippen LogP contribution in [0.15, 0.2) is 24.3 Å². The number of halogens is 1. The average molecular weight is 449 g/mol. The second-order valence-corrected chi connectivity index (χ2v) is 9.42. The number of benzene rings is 1. The van der Waals surface area contributed by atoms with Crippen LogP contribution in [-0.2, 0) is 9.47 Å². The van der Waals surface area contributed by atoms with Gasteiger partial charge in [-0.3, -0.25) is 0 Å². The van der Waals surface area contributed by atoms with Crippen molar-refractivity contribution in [3.8, 4) is 11.5 Å². The van der Waals surface area contributed by atoms with Gasteiger partial charge in [0.2, 0.25) is 0 Å². The van der Waals surface area contributed by atoms with Crippen molar-refractivity contribution >= 4 is 23.6 Å².